The molecule has 112 valence electrons. The number of methoxy groups -OCH3 is 1. The lowest BCUT2D eigenvalue weighted by Crippen LogP contribution is -2.25. The standard InChI is InChI=1S/C17H21NO3/c1-4-9-18-15(7-6-13(11-19)17(18)20)14-10-12(2)5-8-16(14)21-3/h5-8,10,19H,4,9,11H2,1-3H3. The summed E-state index contributed by atoms with van der Waals surface area (Å²) in [5, 5.41) is 9.28. The fourth-order valence-corrected chi connectivity index (χ4v) is 2.45. The highest BCUT2D eigenvalue weighted by Crippen LogP contribution is 2.30. The Morgan fingerprint density at radius 3 is 2.62 bits per heavy atom. The topological polar surface area (TPSA) is 51.5 Å². The van der Waals surface area contributed by atoms with Gasteiger partial charge in [0.1, 0.15) is 5.75 Å². The molecule has 0 aliphatic rings. The molecule has 0 bridgehead atoms. The van der Waals surface area contributed by atoms with E-state index in [1.165, 1.54) is 0 Å². The molecule has 0 radical (unpaired) electrons. The van der Waals surface area contributed by atoms with Gasteiger partial charge in [0.25, 0.3) is 5.56 Å². The summed E-state index contributed by atoms with van der Waals surface area (Å²) in [7, 11) is 1.62. The van der Waals surface area contributed by atoms with Gasteiger partial charge in [-0.25, -0.2) is 0 Å². The largest absolute Gasteiger partial charge is 0.496 e. The zero-order chi connectivity index (χ0) is 15.4. The number of benzene rings is 1. The quantitative estimate of drug-likeness (QED) is 0.920. The summed E-state index contributed by atoms with van der Waals surface area (Å²) in [6.07, 6.45) is 0.843. The van der Waals surface area contributed by atoms with Crippen molar-refractivity contribution in [1.29, 1.82) is 0 Å². The highest BCUT2D eigenvalue weighted by Gasteiger charge is 2.13. The van der Waals surface area contributed by atoms with Gasteiger partial charge in [0.15, 0.2) is 0 Å². The van der Waals surface area contributed by atoms with Crippen molar-refractivity contribution in [2.45, 2.75) is 33.4 Å². The maximum absolute atomic E-state index is 12.4. The van der Waals surface area contributed by atoms with Gasteiger partial charge >= 0.3 is 0 Å². The van der Waals surface area contributed by atoms with Crippen LogP contribution in [0.15, 0.2) is 35.1 Å². The number of ether oxygens (including phenoxy) is 1. The lowest BCUT2D eigenvalue weighted by molar-refractivity contribution is 0.279. The van der Waals surface area contributed by atoms with Crippen molar-refractivity contribution < 1.29 is 9.84 Å². The Kier molecular flexibility index (Phi) is 4.81. The number of hydrogen-bond donors (Lipinski definition) is 1. The summed E-state index contributed by atoms with van der Waals surface area (Å²) < 4.78 is 7.13. The molecule has 2 rings (SSSR count). The fourth-order valence-electron chi connectivity index (χ4n) is 2.45. The van der Waals surface area contributed by atoms with Crippen LogP contribution < -0.4 is 10.3 Å². The molecule has 0 unspecified atom stereocenters. The average Bonchev–Trinajstić information content (AvgIpc) is 2.49. The summed E-state index contributed by atoms with van der Waals surface area (Å²) >= 11 is 0. The van der Waals surface area contributed by atoms with Crippen LogP contribution in [0.25, 0.3) is 11.3 Å². The lowest BCUT2D eigenvalue weighted by Gasteiger charge is -2.16. The third-order valence-corrected chi connectivity index (χ3v) is 3.50. The minimum atomic E-state index is -0.242. The molecule has 0 amide bonds. The van der Waals surface area contributed by atoms with Crippen molar-refractivity contribution in [2.24, 2.45) is 0 Å². The van der Waals surface area contributed by atoms with E-state index in [-0.39, 0.29) is 12.2 Å². The van der Waals surface area contributed by atoms with Crippen LogP contribution in [-0.2, 0) is 13.2 Å². The molecule has 1 aromatic heterocycles. The van der Waals surface area contributed by atoms with Gasteiger partial charge in [0.2, 0.25) is 0 Å². The molecule has 4 nitrogen and oxygen atoms in total. The zero-order valence-corrected chi connectivity index (χ0v) is 12.7. The van der Waals surface area contributed by atoms with Crippen molar-refractivity contribution >= 4 is 0 Å². The van der Waals surface area contributed by atoms with Gasteiger partial charge in [-0.3, -0.25) is 4.79 Å². The Morgan fingerprint density at radius 1 is 1.24 bits per heavy atom. The Hall–Kier alpha value is -2.07. The van der Waals surface area contributed by atoms with E-state index in [4.69, 9.17) is 4.74 Å². The van der Waals surface area contributed by atoms with Crippen molar-refractivity contribution in [3.8, 4) is 17.0 Å². The van der Waals surface area contributed by atoms with E-state index in [0.29, 0.717) is 12.1 Å². The Morgan fingerprint density at radius 2 is 2.00 bits per heavy atom. The summed E-state index contributed by atoms with van der Waals surface area (Å²) in [5.74, 6) is 0.738. The molecule has 0 aliphatic heterocycles. The second-order valence-corrected chi connectivity index (χ2v) is 5.06. The van der Waals surface area contributed by atoms with Crippen molar-refractivity contribution in [3.63, 3.8) is 0 Å². The number of nitrogens with zero attached hydrogens (tertiary/aromatic N) is 1. The number of aromatic nitrogens is 1. The SMILES string of the molecule is CCCn1c(-c2cc(C)ccc2OC)ccc(CO)c1=O. The molecular formula is C17H21NO3. The van der Waals surface area contributed by atoms with Crippen molar-refractivity contribution in [3.05, 3.63) is 51.8 Å². The normalized spacial score (nSPS) is 10.7. The third-order valence-electron chi connectivity index (χ3n) is 3.50. The average molecular weight is 287 g/mol. The molecule has 1 heterocycles. The van der Waals surface area contributed by atoms with E-state index in [9.17, 15) is 9.90 Å². The predicted molar refractivity (Wildman–Crippen MR) is 83.6 cm³/mol. The van der Waals surface area contributed by atoms with Crippen LogP contribution >= 0.6 is 0 Å². The number of aryl methyl sites for hydroxylation is 1. The molecule has 0 saturated heterocycles. The second kappa shape index (κ2) is 6.59. The van der Waals surface area contributed by atoms with E-state index < -0.39 is 0 Å². The second-order valence-electron chi connectivity index (χ2n) is 5.06. The molecule has 0 saturated carbocycles. The van der Waals surface area contributed by atoms with E-state index in [1.807, 2.05) is 38.1 Å². The van der Waals surface area contributed by atoms with Crippen LogP contribution in [0, 0.1) is 6.92 Å². The molecule has 4 heteroatoms. The molecular weight excluding hydrogens is 266 g/mol. The molecule has 1 N–H and O–H groups in total. The number of rotatable bonds is 5. The van der Waals surface area contributed by atoms with E-state index in [2.05, 4.69) is 0 Å². The Labute approximate surface area is 124 Å². The summed E-state index contributed by atoms with van der Waals surface area (Å²) in [6, 6.07) is 9.46. The van der Waals surface area contributed by atoms with Crippen LogP contribution in [0.4, 0.5) is 0 Å². The predicted octanol–water partition coefficient (Wildman–Crippen LogP) is 2.73. The molecule has 0 atom stereocenters. The third kappa shape index (κ3) is 3.00. The maximum atomic E-state index is 12.4. The molecule has 0 fully saturated rings. The molecule has 2 aromatic rings. The summed E-state index contributed by atoms with van der Waals surface area (Å²) in [6.45, 7) is 4.40. The van der Waals surface area contributed by atoms with E-state index in [0.717, 1.165) is 29.0 Å². The highest BCUT2D eigenvalue weighted by atomic mass is 16.5. The van der Waals surface area contributed by atoms with Crippen LogP contribution in [0.2, 0.25) is 0 Å². The molecule has 1 aromatic carbocycles. The first kappa shape index (κ1) is 15.3. The highest BCUT2D eigenvalue weighted by molar-refractivity contribution is 5.68. The summed E-state index contributed by atoms with van der Waals surface area (Å²) in [5.41, 5.74) is 3.10. The van der Waals surface area contributed by atoms with Crippen LogP contribution in [0.1, 0.15) is 24.5 Å². The van der Waals surface area contributed by atoms with E-state index >= 15 is 0 Å². The number of hydrogen-bond acceptors (Lipinski definition) is 3. The number of aliphatic hydroxyl groups is 1. The monoisotopic (exact) mass is 287 g/mol. The lowest BCUT2D eigenvalue weighted by atomic mass is 10.1. The van der Waals surface area contributed by atoms with Gasteiger partial charge in [-0.15, -0.1) is 0 Å². The van der Waals surface area contributed by atoms with Crippen LogP contribution in [-0.4, -0.2) is 16.8 Å². The first-order chi connectivity index (χ1) is 10.1. The molecule has 0 spiro atoms. The minimum Gasteiger partial charge on any atom is -0.496 e. The minimum absolute atomic E-state index is 0.139. The van der Waals surface area contributed by atoms with Gasteiger partial charge in [-0.1, -0.05) is 18.6 Å². The van der Waals surface area contributed by atoms with Gasteiger partial charge in [0, 0.05) is 17.7 Å². The van der Waals surface area contributed by atoms with Crippen LogP contribution in [0.3, 0.4) is 0 Å². The molecule has 21 heavy (non-hydrogen) atoms. The number of pyridine rings is 1. The smallest absolute Gasteiger partial charge is 0.256 e. The van der Waals surface area contributed by atoms with E-state index in [1.54, 1.807) is 17.7 Å². The molecule has 0 aliphatic carbocycles. The Bertz CT molecular complexity index is 689. The summed E-state index contributed by atoms with van der Waals surface area (Å²) in [4.78, 5) is 12.4. The van der Waals surface area contributed by atoms with Crippen molar-refractivity contribution in [1.82, 2.24) is 4.57 Å². The first-order valence-corrected chi connectivity index (χ1v) is 7.11. The van der Waals surface area contributed by atoms with Gasteiger partial charge in [-0.05, 0) is 37.6 Å². The van der Waals surface area contributed by atoms with Gasteiger partial charge in [-0.2, -0.15) is 0 Å². The van der Waals surface area contributed by atoms with Crippen LogP contribution in [0.5, 0.6) is 5.75 Å². The van der Waals surface area contributed by atoms with Crippen molar-refractivity contribution in [2.75, 3.05) is 7.11 Å². The fraction of sp³-hybridized carbons (Fsp3) is 0.353. The zero-order valence-electron chi connectivity index (χ0n) is 12.7. The maximum Gasteiger partial charge on any atom is 0.256 e. The van der Waals surface area contributed by atoms with Gasteiger partial charge in [0.05, 0.1) is 19.4 Å². The van der Waals surface area contributed by atoms with Gasteiger partial charge < -0.3 is 14.4 Å². The Balaban J connectivity index is 2.71. The first-order valence-electron chi connectivity index (χ1n) is 7.11. The number of aliphatic hydroxyl groups excluding tert-OH is 1.